The van der Waals surface area contributed by atoms with Crippen molar-refractivity contribution in [3.05, 3.63) is 71.3 Å². The number of benzene rings is 2. The van der Waals surface area contributed by atoms with Gasteiger partial charge in [0.15, 0.2) is 5.78 Å². The number of halogens is 1. The number of carbonyl (C=O) groups excluding carboxylic acids is 3. The molecule has 168 valence electrons. The van der Waals surface area contributed by atoms with Crippen LogP contribution in [0.4, 0.5) is 15.8 Å². The number of rotatable bonds is 4. The van der Waals surface area contributed by atoms with Crippen molar-refractivity contribution in [2.75, 3.05) is 22.9 Å². The van der Waals surface area contributed by atoms with Gasteiger partial charge in [-0.2, -0.15) is 5.10 Å². The Hall–Kier alpha value is -3.81. The molecule has 8 heteroatoms. The number of anilines is 2. The first kappa shape index (κ1) is 21.1. The number of aromatic nitrogens is 2. The van der Waals surface area contributed by atoms with E-state index in [0.717, 1.165) is 18.5 Å². The lowest BCUT2D eigenvalue weighted by Crippen LogP contribution is -2.39. The molecule has 2 aliphatic heterocycles. The maximum atomic E-state index is 14.6. The van der Waals surface area contributed by atoms with Crippen LogP contribution in [0.15, 0.2) is 48.5 Å². The topological polar surface area (TPSA) is 75.5 Å². The van der Waals surface area contributed by atoms with Crippen LogP contribution in [-0.2, 0) is 11.2 Å². The maximum Gasteiger partial charge on any atom is 0.277 e. The van der Waals surface area contributed by atoms with Gasteiger partial charge in [-0.25, -0.2) is 9.07 Å². The Balaban J connectivity index is 1.51. The number of ketones is 1. The van der Waals surface area contributed by atoms with E-state index in [0.29, 0.717) is 37.2 Å². The minimum Gasteiger partial charge on any atom is -0.312 e. The minimum atomic E-state index is -0.529. The van der Waals surface area contributed by atoms with Crippen LogP contribution in [0.2, 0.25) is 0 Å². The third kappa shape index (κ3) is 3.61. The lowest BCUT2D eigenvalue weighted by molar-refractivity contribution is -0.119. The summed E-state index contributed by atoms with van der Waals surface area (Å²) in [7, 11) is 0. The van der Waals surface area contributed by atoms with Crippen LogP contribution in [0, 0.1) is 5.82 Å². The third-order valence-electron chi connectivity index (χ3n) is 6.23. The summed E-state index contributed by atoms with van der Waals surface area (Å²) in [6, 6.07) is 13.4. The number of hydrogen-bond acceptors (Lipinski definition) is 4. The van der Waals surface area contributed by atoms with E-state index in [1.165, 1.54) is 23.7 Å². The molecule has 3 heterocycles. The van der Waals surface area contributed by atoms with Crippen molar-refractivity contribution in [2.45, 2.75) is 32.6 Å². The van der Waals surface area contributed by atoms with E-state index < -0.39 is 5.82 Å². The number of piperidine rings is 1. The lowest BCUT2D eigenvalue weighted by atomic mass is 10.0. The van der Waals surface area contributed by atoms with Crippen LogP contribution in [0.5, 0.6) is 0 Å². The van der Waals surface area contributed by atoms with Gasteiger partial charge in [0.25, 0.3) is 5.91 Å². The fourth-order valence-corrected chi connectivity index (χ4v) is 4.58. The van der Waals surface area contributed by atoms with Gasteiger partial charge in [-0.1, -0.05) is 12.1 Å². The molecule has 0 radical (unpaired) electrons. The summed E-state index contributed by atoms with van der Waals surface area (Å²) in [5.74, 6) is -1.03. The molecule has 0 aliphatic carbocycles. The second-order valence-corrected chi connectivity index (χ2v) is 8.32. The van der Waals surface area contributed by atoms with Crippen molar-refractivity contribution < 1.29 is 18.8 Å². The number of nitrogens with zero attached hydrogens (tertiary/aromatic N) is 4. The van der Waals surface area contributed by atoms with Crippen LogP contribution >= 0.6 is 0 Å². The van der Waals surface area contributed by atoms with Crippen molar-refractivity contribution >= 4 is 29.0 Å². The Labute approximate surface area is 190 Å². The number of Topliss-reactive ketones (excluding diaryl/α,β-unsaturated/α-hetero) is 1. The average molecular weight is 446 g/mol. The van der Waals surface area contributed by atoms with E-state index in [-0.39, 0.29) is 34.7 Å². The summed E-state index contributed by atoms with van der Waals surface area (Å²) < 4.78 is 15.8. The summed E-state index contributed by atoms with van der Waals surface area (Å²) >= 11 is 0. The molecule has 0 saturated carbocycles. The highest BCUT2D eigenvalue weighted by Gasteiger charge is 2.34. The lowest BCUT2D eigenvalue weighted by Gasteiger charge is -2.29. The molecule has 0 bridgehead atoms. The Morgan fingerprint density at radius 1 is 0.909 bits per heavy atom. The van der Waals surface area contributed by atoms with Crippen LogP contribution in [0.3, 0.4) is 0 Å². The summed E-state index contributed by atoms with van der Waals surface area (Å²) in [5, 5.41) is 4.32. The molecular weight excluding hydrogens is 423 g/mol. The fraction of sp³-hybridized carbons (Fsp3) is 0.280. The van der Waals surface area contributed by atoms with E-state index in [9.17, 15) is 18.8 Å². The molecule has 2 aromatic carbocycles. The summed E-state index contributed by atoms with van der Waals surface area (Å²) in [6.45, 7) is 2.46. The van der Waals surface area contributed by atoms with Crippen molar-refractivity contribution in [3.63, 3.8) is 0 Å². The zero-order valence-electron chi connectivity index (χ0n) is 18.3. The molecule has 7 nitrogen and oxygen atoms in total. The standard InChI is InChI=1S/C25H23FN4O3/c1-16(31)23-19-13-15-29(18-11-9-17(10-12-18)28-14-5-4-8-22(28)32)25(33)24(19)30(27-23)21-7-3-2-6-20(21)26/h2-3,6-7,9-12H,4-5,8,13-15H2,1H3. The van der Waals surface area contributed by atoms with E-state index in [4.69, 9.17) is 0 Å². The predicted octanol–water partition coefficient (Wildman–Crippen LogP) is 3.93. The van der Waals surface area contributed by atoms with Gasteiger partial charge in [-0.05, 0) is 55.7 Å². The molecule has 2 aliphatic rings. The monoisotopic (exact) mass is 446 g/mol. The van der Waals surface area contributed by atoms with E-state index in [1.807, 2.05) is 24.3 Å². The van der Waals surface area contributed by atoms with Crippen molar-refractivity contribution in [1.82, 2.24) is 9.78 Å². The minimum absolute atomic E-state index is 0.109. The van der Waals surface area contributed by atoms with Gasteiger partial charge in [0, 0.05) is 43.4 Å². The van der Waals surface area contributed by atoms with Gasteiger partial charge in [-0.15, -0.1) is 0 Å². The molecule has 1 fully saturated rings. The molecular formula is C25H23FN4O3. The molecule has 0 atom stereocenters. The Morgan fingerprint density at radius 2 is 1.61 bits per heavy atom. The molecule has 0 N–H and O–H groups in total. The second-order valence-electron chi connectivity index (χ2n) is 8.32. The van der Waals surface area contributed by atoms with E-state index in [1.54, 1.807) is 21.9 Å². The van der Waals surface area contributed by atoms with Gasteiger partial charge < -0.3 is 9.80 Å². The Morgan fingerprint density at radius 3 is 2.27 bits per heavy atom. The van der Waals surface area contributed by atoms with Gasteiger partial charge in [0.2, 0.25) is 5.91 Å². The van der Waals surface area contributed by atoms with Crippen LogP contribution in [0.25, 0.3) is 5.69 Å². The molecule has 2 amide bonds. The smallest absolute Gasteiger partial charge is 0.277 e. The molecule has 3 aromatic rings. The first-order valence-electron chi connectivity index (χ1n) is 11.1. The van der Waals surface area contributed by atoms with E-state index >= 15 is 0 Å². The number of fused-ring (bicyclic) bond motifs is 1. The molecule has 33 heavy (non-hydrogen) atoms. The van der Waals surface area contributed by atoms with Crippen molar-refractivity contribution in [1.29, 1.82) is 0 Å². The summed E-state index contributed by atoms with van der Waals surface area (Å²) in [5.41, 5.74) is 2.54. The predicted molar refractivity (Wildman–Crippen MR) is 122 cm³/mol. The zero-order chi connectivity index (χ0) is 23.1. The van der Waals surface area contributed by atoms with Gasteiger partial charge in [-0.3, -0.25) is 14.4 Å². The zero-order valence-corrected chi connectivity index (χ0v) is 18.3. The van der Waals surface area contributed by atoms with Crippen LogP contribution < -0.4 is 9.80 Å². The maximum absolute atomic E-state index is 14.6. The Kier molecular flexibility index (Phi) is 5.28. The quantitative estimate of drug-likeness (QED) is 0.569. The number of amides is 2. The summed E-state index contributed by atoms with van der Waals surface area (Å²) in [4.78, 5) is 41.4. The first-order valence-corrected chi connectivity index (χ1v) is 11.1. The SMILES string of the molecule is CC(=O)c1nn(-c2ccccc2F)c2c1CCN(c1ccc(N3CCCCC3=O)cc1)C2=O. The fourth-order valence-electron chi connectivity index (χ4n) is 4.58. The van der Waals surface area contributed by atoms with Crippen molar-refractivity contribution in [3.8, 4) is 5.69 Å². The van der Waals surface area contributed by atoms with Crippen LogP contribution in [0.1, 0.15) is 52.7 Å². The summed E-state index contributed by atoms with van der Waals surface area (Å²) in [6.07, 6.45) is 2.86. The largest absolute Gasteiger partial charge is 0.312 e. The van der Waals surface area contributed by atoms with Gasteiger partial charge in [0.1, 0.15) is 22.9 Å². The second kappa shape index (κ2) is 8.27. The highest BCUT2D eigenvalue weighted by atomic mass is 19.1. The van der Waals surface area contributed by atoms with E-state index in [2.05, 4.69) is 5.10 Å². The van der Waals surface area contributed by atoms with Crippen LogP contribution in [-0.4, -0.2) is 40.5 Å². The molecule has 1 saturated heterocycles. The molecule has 0 spiro atoms. The van der Waals surface area contributed by atoms with Crippen molar-refractivity contribution in [2.24, 2.45) is 0 Å². The number of carbonyl (C=O) groups is 3. The molecule has 0 unspecified atom stereocenters. The average Bonchev–Trinajstić information content (AvgIpc) is 3.21. The highest BCUT2D eigenvalue weighted by Crippen LogP contribution is 2.31. The van der Waals surface area contributed by atoms with Gasteiger partial charge >= 0.3 is 0 Å². The first-order chi connectivity index (χ1) is 16.0. The number of hydrogen-bond donors (Lipinski definition) is 0. The molecule has 1 aromatic heterocycles. The molecule has 5 rings (SSSR count). The highest BCUT2D eigenvalue weighted by molar-refractivity contribution is 6.09. The Bertz CT molecular complexity index is 1270. The third-order valence-corrected chi connectivity index (χ3v) is 6.23. The number of para-hydroxylation sites is 1. The van der Waals surface area contributed by atoms with Gasteiger partial charge in [0.05, 0.1) is 0 Å². The normalized spacial score (nSPS) is 16.2.